The Morgan fingerprint density at radius 1 is 1.25 bits per heavy atom. The van der Waals surface area contributed by atoms with Gasteiger partial charge in [-0.05, 0) is 37.7 Å². The highest BCUT2D eigenvalue weighted by Crippen LogP contribution is 2.33. The van der Waals surface area contributed by atoms with Crippen molar-refractivity contribution in [2.24, 2.45) is 0 Å². The lowest BCUT2D eigenvalue weighted by Gasteiger charge is -2.16. The minimum atomic E-state index is -0.145. The van der Waals surface area contributed by atoms with Crippen LogP contribution in [-0.2, 0) is 11.2 Å². The zero-order chi connectivity index (χ0) is 19.8. The Morgan fingerprint density at radius 3 is 2.71 bits per heavy atom. The van der Waals surface area contributed by atoms with Crippen molar-refractivity contribution in [3.05, 3.63) is 30.1 Å². The number of aromatic nitrogens is 3. The molecule has 0 saturated heterocycles. The van der Waals surface area contributed by atoms with E-state index in [1.165, 1.54) is 25.7 Å². The van der Waals surface area contributed by atoms with E-state index in [2.05, 4.69) is 20.1 Å². The second kappa shape index (κ2) is 10.4. The number of carbonyl (C=O) groups excluding carboxylic acids is 1. The fraction of sp³-hybridized carbons (Fsp3) is 0.550. The topological polar surface area (TPSA) is 78.3 Å². The molecule has 1 aromatic heterocycles. The first kappa shape index (κ1) is 20.5. The molecule has 1 aromatic carbocycles. The molecule has 1 amide bonds. The van der Waals surface area contributed by atoms with E-state index in [-0.39, 0.29) is 12.5 Å². The Bertz CT molecular complexity index is 775. The Hall–Kier alpha value is -2.22. The fourth-order valence-corrected chi connectivity index (χ4v) is 4.13. The highest BCUT2D eigenvalue weighted by atomic mass is 32.2. The first-order chi connectivity index (χ1) is 13.7. The molecule has 152 valence electrons. The van der Waals surface area contributed by atoms with Gasteiger partial charge in [-0.25, -0.2) is 0 Å². The summed E-state index contributed by atoms with van der Waals surface area (Å²) in [5.74, 6) is 2.06. The summed E-state index contributed by atoms with van der Waals surface area (Å²) >= 11 is 1.65. The smallest absolute Gasteiger partial charge is 0.257 e. The molecule has 1 fully saturated rings. The summed E-state index contributed by atoms with van der Waals surface area (Å²) < 4.78 is 13.1. The highest BCUT2D eigenvalue weighted by Gasteiger charge is 2.23. The number of aryl methyl sites for hydroxylation is 1. The van der Waals surface area contributed by atoms with Crippen LogP contribution in [0.4, 0.5) is 0 Å². The van der Waals surface area contributed by atoms with Gasteiger partial charge >= 0.3 is 0 Å². The van der Waals surface area contributed by atoms with Crippen molar-refractivity contribution in [2.75, 3.05) is 26.5 Å². The van der Waals surface area contributed by atoms with Gasteiger partial charge in [0, 0.05) is 19.0 Å². The van der Waals surface area contributed by atoms with E-state index < -0.39 is 0 Å². The lowest BCUT2D eigenvalue weighted by atomic mass is 10.2. The molecule has 0 atom stereocenters. The molecule has 1 aliphatic rings. The van der Waals surface area contributed by atoms with E-state index in [9.17, 15) is 4.79 Å². The van der Waals surface area contributed by atoms with Crippen LogP contribution in [0.3, 0.4) is 0 Å². The minimum Gasteiger partial charge on any atom is -0.493 e. The fourth-order valence-electron chi connectivity index (χ4n) is 3.55. The van der Waals surface area contributed by atoms with E-state index in [1.807, 2.05) is 18.4 Å². The highest BCUT2D eigenvalue weighted by molar-refractivity contribution is 7.98. The van der Waals surface area contributed by atoms with E-state index in [4.69, 9.17) is 9.47 Å². The minimum absolute atomic E-state index is 0.0325. The number of thioether (sulfide) groups is 1. The van der Waals surface area contributed by atoms with Crippen molar-refractivity contribution < 1.29 is 14.3 Å². The van der Waals surface area contributed by atoms with Gasteiger partial charge in [-0.3, -0.25) is 4.79 Å². The maximum absolute atomic E-state index is 12.0. The molecule has 28 heavy (non-hydrogen) atoms. The van der Waals surface area contributed by atoms with Gasteiger partial charge in [0.05, 0.1) is 7.11 Å². The number of para-hydroxylation sites is 2. The van der Waals surface area contributed by atoms with Crippen LogP contribution in [-0.4, -0.2) is 47.2 Å². The second-order valence-electron chi connectivity index (χ2n) is 6.80. The average Bonchev–Trinajstić information content (AvgIpc) is 3.39. The summed E-state index contributed by atoms with van der Waals surface area (Å²) in [5.41, 5.74) is 0. The summed E-state index contributed by atoms with van der Waals surface area (Å²) in [5, 5.41) is 12.6. The molecule has 0 unspecified atom stereocenters. The van der Waals surface area contributed by atoms with Gasteiger partial charge in [-0.2, -0.15) is 0 Å². The molecule has 1 saturated carbocycles. The van der Waals surface area contributed by atoms with Crippen LogP contribution in [0.5, 0.6) is 11.5 Å². The van der Waals surface area contributed by atoms with Crippen molar-refractivity contribution in [3.63, 3.8) is 0 Å². The predicted molar refractivity (Wildman–Crippen MR) is 109 cm³/mol. The van der Waals surface area contributed by atoms with Gasteiger partial charge in [-0.15, -0.1) is 10.2 Å². The Kier molecular flexibility index (Phi) is 7.59. The number of methoxy groups -OCH3 is 1. The first-order valence-corrected chi connectivity index (χ1v) is 11.0. The van der Waals surface area contributed by atoms with Crippen molar-refractivity contribution in [1.29, 1.82) is 0 Å². The molecule has 3 rings (SSSR count). The number of carbonyl (C=O) groups is 1. The van der Waals surface area contributed by atoms with Gasteiger partial charge in [0.2, 0.25) is 0 Å². The quantitative estimate of drug-likeness (QED) is 0.484. The molecule has 1 N–H and O–H groups in total. The van der Waals surface area contributed by atoms with E-state index in [0.29, 0.717) is 24.1 Å². The van der Waals surface area contributed by atoms with E-state index >= 15 is 0 Å². The largest absolute Gasteiger partial charge is 0.493 e. The number of nitrogens with zero attached hydrogens (tertiary/aromatic N) is 3. The molecule has 0 bridgehead atoms. The van der Waals surface area contributed by atoms with Gasteiger partial charge in [0.25, 0.3) is 5.91 Å². The van der Waals surface area contributed by atoms with Crippen LogP contribution in [0, 0.1) is 0 Å². The number of ether oxygens (including phenoxy) is 2. The third-order valence-electron chi connectivity index (χ3n) is 4.93. The molecule has 1 heterocycles. The average molecular weight is 405 g/mol. The predicted octanol–water partition coefficient (Wildman–Crippen LogP) is 3.25. The van der Waals surface area contributed by atoms with Crippen LogP contribution >= 0.6 is 11.8 Å². The Morgan fingerprint density at radius 2 is 2.00 bits per heavy atom. The number of benzene rings is 1. The van der Waals surface area contributed by atoms with Crippen LogP contribution in [0.1, 0.15) is 44.0 Å². The molecule has 7 nitrogen and oxygen atoms in total. The van der Waals surface area contributed by atoms with Crippen LogP contribution in [0.25, 0.3) is 0 Å². The lowest BCUT2D eigenvalue weighted by Crippen LogP contribution is -2.30. The summed E-state index contributed by atoms with van der Waals surface area (Å²) in [6.07, 6.45) is 8.63. The molecular formula is C20H28N4O3S. The number of hydrogen-bond donors (Lipinski definition) is 1. The van der Waals surface area contributed by atoms with Crippen molar-refractivity contribution in [2.45, 2.75) is 49.7 Å². The molecule has 1 aliphatic carbocycles. The number of nitrogens with one attached hydrogen (secondary N) is 1. The van der Waals surface area contributed by atoms with Crippen molar-refractivity contribution in [3.8, 4) is 11.5 Å². The maximum Gasteiger partial charge on any atom is 0.257 e. The van der Waals surface area contributed by atoms with E-state index in [0.717, 1.165) is 23.8 Å². The molecule has 0 aliphatic heterocycles. The lowest BCUT2D eigenvalue weighted by molar-refractivity contribution is -0.123. The van der Waals surface area contributed by atoms with Gasteiger partial charge < -0.3 is 19.4 Å². The number of hydrogen-bond acceptors (Lipinski definition) is 6. The standard InChI is InChI=1S/C20H28N4O3S/c1-26-16-10-5-6-11-17(16)27-14-19(25)21-13-7-12-18-22-23-20(28-2)24(18)15-8-3-4-9-15/h5-6,10-11,15H,3-4,7-9,12-14H2,1-2H3,(H,21,25). The number of amides is 1. The van der Waals surface area contributed by atoms with Crippen LogP contribution in [0.15, 0.2) is 29.4 Å². The SMILES string of the molecule is COc1ccccc1OCC(=O)NCCCc1nnc(SC)n1C1CCCC1. The summed E-state index contributed by atoms with van der Waals surface area (Å²) in [6.45, 7) is 0.551. The molecule has 0 spiro atoms. The third kappa shape index (κ3) is 5.19. The normalized spacial score (nSPS) is 14.2. The summed E-state index contributed by atoms with van der Waals surface area (Å²) in [4.78, 5) is 12.0. The van der Waals surface area contributed by atoms with Crippen molar-refractivity contribution >= 4 is 17.7 Å². The van der Waals surface area contributed by atoms with E-state index in [1.54, 1.807) is 31.0 Å². The van der Waals surface area contributed by atoms with Gasteiger partial charge in [0.15, 0.2) is 23.3 Å². The van der Waals surface area contributed by atoms with Crippen LogP contribution < -0.4 is 14.8 Å². The number of rotatable bonds is 10. The second-order valence-corrected chi connectivity index (χ2v) is 7.58. The van der Waals surface area contributed by atoms with Crippen LogP contribution in [0.2, 0.25) is 0 Å². The molecular weight excluding hydrogens is 376 g/mol. The molecule has 8 heteroatoms. The molecule has 2 aromatic rings. The maximum atomic E-state index is 12.0. The monoisotopic (exact) mass is 404 g/mol. The zero-order valence-electron chi connectivity index (χ0n) is 16.5. The molecule has 0 radical (unpaired) electrons. The van der Waals surface area contributed by atoms with Gasteiger partial charge in [0.1, 0.15) is 5.82 Å². The summed E-state index contributed by atoms with van der Waals surface area (Å²) in [7, 11) is 1.58. The Labute approximate surface area is 170 Å². The summed E-state index contributed by atoms with van der Waals surface area (Å²) in [6, 6.07) is 7.82. The first-order valence-electron chi connectivity index (χ1n) is 9.73. The Balaban J connectivity index is 1.43. The van der Waals surface area contributed by atoms with Crippen molar-refractivity contribution in [1.82, 2.24) is 20.1 Å². The zero-order valence-corrected chi connectivity index (χ0v) is 17.3. The van der Waals surface area contributed by atoms with Gasteiger partial charge in [-0.1, -0.05) is 36.7 Å². The third-order valence-corrected chi connectivity index (χ3v) is 5.58.